The number of benzene rings is 2. The summed E-state index contributed by atoms with van der Waals surface area (Å²) in [7, 11) is 0. The average Bonchev–Trinajstić information content (AvgIpc) is 2.60. The molecule has 2 amide bonds. The zero-order valence-corrected chi connectivity index (χ0v) is 15.1. The summed E-state index contributed by atoms with van der Waals surface area (Å²) in [6.07, 6.45) is -0.892. The quantitative estimate of drug-likeness (QED) is 0.690. The number of carbonyl (C=O) groups is 2. The van der Waals surface area contributed by atoms with Gasteiger partial charge in [-0.25, -0.2) is 13.2 Å². The maximum absolute atomic E-state index is 13.5. The molecule has 138 valence electrons. The fourth-order valence-electron chi connectivity index (χ4n) is 1.93. The van der Waals surface area contributed by atoms with E-state index in [1.54, 1.807) is 24.3 Å². The smallest absolute Gasteiger partial charge is 0.261 e. The zero-order chi connectivity index (χ0) is 19.3. The number of anilines is 1. The van der Waals surface area contributed by atoms with Gasteiger partial charge in [0.05, 0.1) is 12.2 Å². The first kappa shape index (κ1) is 19.8. The number of ether oxygens (including phenoxy) is 1. The fourth-order valence-corrected chi connectivity index (χ4v) is 2.30. The van der Waals surface area contributed by atoms with Crippen molar-refractivity contribution in [3.8, 4) is 5.75 Å². The lowest BCUT2D eigenvalue weighted by molar-refractivity contribution is -0.129. The molecule has 2 N–H and O–H groups in total. The Kier molecular flexibility index (Phi) is 6.62. The van der Waals surface area contributed by atoms with E-state index >= 15 is 0 Å². The van der Waals surface area contributed by atoms with Crippen LogP contribution in [0.3, 0.4) is 0 Å². The highest BCUT2D eigenvalue weighted by molar-refractivity contribution is 9.10. The van der Waals surface area contributed by atoms with Crippen LogP contribution in [0.25, 0.3) is 0 Å². The van der Waals surface area contributed by atoms with E-state index in [1.165, 1.54) is 6.92 Å². The lowest BCUT2D eigenvalue weighted by Gasteiger charge is -2.15. The second-order valence-electron chi connectivity index (χ2n) is 5.21. The number of rotatable bonds is 6. The molecule has 2 rings (SSSR count). The molecule has 0 aliphatic heterocycles. The largest absolute Gasteiger partial charge is 0.481 e. The third-order valence-electron chi connectivity index (χ3n) is 3.21. The third-order valence-corrected chi connectivity index (χ3v) is 3.70. The molecule has 2 aromatic carbocycles. The minimum Gasteiger partial charge on any atom is -0.481 e. The number of halogens is 4. The Hall–Kier alpha value is -2.55. The Bertz CT molecular complexity index is 833. The summed E-state index contributed by atoms with van der Waals surface area (Å²) >= 11 is 3.27. The number of carbonyl (C=O) groups excluding carboxylic acids is 2. The van der Waals surface area contributed by atoms with Gasteiger partial charge in [0.1, 0.15) is 5.75 Å². The molecule has 0 aliphatic carbocycles. The predicted molar refractivity (Wildman–Crippen MR) is 92.2 cm³/mol. The van der Waals surface area contributed by atoms with Crippen molar-refractivity contribution in [1.29, 1.82) is 0 Å². The van der Waals surface area contributed by atoms with Crippen LogP contribution in [-0.2, 0) is 9.59 Å². The van der Waals surface area contributed by atoms with Crippen LogP contribution >= 0.6 is 15.9 Å². The summed E-state index contributed by atoms with van der Waals surface area (Å²) in [5.74, 6) is -5.51. The van der Waals surface area contributed by atoms with E-state index in [9.17, 15) is 22.8 Å². The minimum absolute atomic E-state index is 0.454. The van der Waals surface area contributed by atoms with E-state index in [1.807, 2.05) is 5.32 Å². The van der Waals surface area contributed by atoms with Gasteiger partial charge in [-0.15, -0.1) is 0 Å². The third kappa shape index (κ3) is 5.22. The van der Waals surface area contributed by atoms with Gasteiger partial charge >= 0.3 is 0 Å². The summed E-state index contributed by atoms with van der Waals surface area (Å²) in [4.78, 5) is 23.7. The van der Waals surface area contributed by atoms with E-state index in [0.717, 1.165) is 10.5 Å². The van der Waals surface area contributed by atoms with Gasteiger partial charge in [0.15, 0.2) is 23.6 Å². The molecule has 5 nitrogen and oxygen atoms in total. The molecule has 0 aromatic heterocycles. The van der Waals surface area contributed by atoms with Crippen molar-refractivity contribution < 1.29 is 27.5 Å². The molecule has 26 heavy (non-hydrogen) atoms. The van der Waals surface area contributed by atoms with Crippen molar-refractivity contribution >= 4 is 33.4 Å². The Morgan fingerprint density at radius 1 is 1.15 bits per heavy atom. The molecule has 2 aromatic rings. The van der Waals surface area contributed by atoms with Gasteiger partial charge in [-0.05, 0) is 37.3 Å². The van der Waals surface area contributed by atoms with E-state index in [0.29, 0.717) is 11.8 Å². The Labute approximate surface area is 155 Å². The number of nitrogens with one attached hydrogen (secondary N) is 2. The van der Waals surface area contributed by atoms with Gasteiger partial charge in [-0.3, -0.25) is 9.59 Å². The number of hydrogen-bond acceptors (Lipinski definition) is 3. The van der Waals surface area contributed by atoms with Crippen LogP contribution in [0.4, 0.5) is 18.9 Å². The lowest BCUT2D eigenvalue weighted by atomic mass is 10.2. The molecule has 1 atom stereocenters. The maximum Gasteiger partial charge on any atom is 0.261 e. The van der Waals surface area contributed by atoms with Gasteiger partial charge in [0, 0.05) is 4.47 Å². The normalized spacial score (nSPS) is 11.6. The molecule has 0 saturated heterocycles. The van der Waals surface area contributed by atoms with Crippen LogP contribution < -0.4 is 15.4 Å². The number of amides is 2. The van der Waals surface area contributed by atoms with Gasteiger partial charge in [-0.1, -0.05) is 22.0 Å². The van der Waals surface area contributed by atoms with Crippen LogP contribution in [-0.4, -0.2) is 24.5 Å². The van der Waals surface area contributed by atoms with Crippen molar-refractivity contribution in [2.24, 2.45) is 0 Å². The summed E-state index contributed by atoms with van der Waals surface area (Å²) in [5.41, 5.74) is -0.526. The lowest BCUT2D eigenvalue weighted by Crippen LogP contribution is -2.40. The molecule has 0 heterocycles. The van der Waals surface area contributed by atoms with Crippen molar-refractivity contribution in [1.82, 2.24) is 5.32 Å². The van der Waals surface area contributed by atoms with E-state index in [-0.39, 0.29) is 0 Å². The topological polar surface area (TPSA) is 67.4 Å². The summed E-state index contributed by atoms with van der Waals surface area (Å²) < 4.78 is 45.6. The van der Waals surface area contributed by atoms with Crippen LogP contribution in [0.1, 0.15) is 6.92 Å². The maximum atomic E-state index is 13.5. The van der Waals surface area contributed by atoms with Gasteiger partial charge < -0.3 is 15.4 Å². The highest BCUT2D eigenvalue weighted by atomic mass is 79.9. The predicted octanol–water partition coefficient (Wildman–Crippen LogP) is 3.39. The van der Waals surface area contributed by atoms with Crippen molar-refractivity contribution in [3.05, 3.63) is 58.3 Å². The molecular weight excluding hydrogens is 417 g/mol. The Balaban J connectivity index is 1.86. The SMILES string of the molecule is CC(Oc1cccc(Br)c1)C(=O)NCC(=O)Nc1ccc(F)c(F)c1F. The second kappa shape index (κ2) is 8.70. The first-order valence-corrected chi connectivity index (χ1v) is 8.20. The second-order valence-corrected chi connectivity index (χ2v) is 6.12. The molecule has 0 spiro atoms. The van der Waals surface area contributed by atoms with Crippen molar-refractivity contribution in [2.45, 2.75) is 13.0 Å². The first-order valence-electron chi connectivity index (χ1n) is 7.41. The van der Waals surface area contributed by atoms with Crippen LogP contribution in [0, 0.1) is 17.5 Å². The molecule has 0 saturated carbocycles. The molecule has 0 radical (unpaired) electrons. The Morgan fingerprint density at radius 3 is 2.58 bits per heavy atom. The van der Waals surface area contributed by atoms with Crippen molar-refractivity contribution in [3.63, 3.8) is 0 Å². The zero-order valence-electron chi connectivity index (χ0n) is 13.5. The van der Waals surface area contributed by atoms with E-state index < -0.39 is 47.6 Å². The van der Waals surface area contributed by atoms with Crippen LogP contribution in [0.5, 0.6) is 5.75 Å². The molecule has 0 fully saturated rings. The molecular formula is C17H14BrF3N2O3. The summed E-state index contributed by atoms with van der Waals surface area (Å²) in [6, 6.07) is 8.41. The number of hydrogen-bond donors (Lipinski definition) is 2. The summed E-state index contributed by atoms with van der Waals surface area (Å²) in [5, 5.41) is 4.35. The van der Waals surface area contributed by atoms with Crippen molar-refractivity contribution in [2.75, 3.05) is 11.9 Å². The minimum atomic E-state index is -1.69. The molecule has 0 aliphatic rings. The molecule has 1 unspecified atom stereocenters. The average molecular weight is 431 g/mol. The molecule has 0 bridgehead atoms. The standard InChI is InChI=1S/C17H14BrF3N2O3/c1-9(26-11-4-2-3-10(18)7-11)17(25)22-8-14(24)23-13-6-5-12(19)15(20)16(13)21/h2-7,9H,8H2,1H3,(H,22,25)(H,23,24). The van der Waals surface area contributed by atoms with E-state index in [4.69, 9.17) is 4.74 Å². The highest BCUT2D eigenvalue weighted by Crippen LogP contribution is 2.20. The fraction of sp³-hybridized carbons (Fsp3) is 0.176. The van der Waals surface area contributed by atoms with Crippen LogP contribution in [0.2, 0.25) is 0 Å². The highest BCUT2D eigenvalue weighted by Gasteiger charge is 2.18. The Morgan fingerprint density at radius 2 is 1.88 bits per heavy atom. The first-order chi connectivity index (χ1) is 12.3. The summed E-state index contributed by atoms with van der Waals surface area (Å²) in [6.45, 7) is 0.993. The van der Waals surface area contributed by atoms with Gasteiger partial charge in [0.25, 0.3) is 5.91 Å². The van der Waals surface area contributed by atoms with Crippen LogP contribution in [0.15, 0.2) is 40.9 Å². The van der Waals surface area contributed by atoms with Gasteiger partial charge in [-0.2, -0.15) is 0 Å². The van der Waals surface area contributed by atoms with E-state index in [2.05, 4.69) is 21.2 Å². The monoisotopic (exact) mass is 430 g/mol. The van der Waals surface area contributed by atoms with Gasteiger partial charge in [0.2, 0.25) is 5.91 Å². The molecule has 9 heteroatoms.